The number of furan rings is 1. The Kier molecular flexibility index (Phi) is 7.54. The molecule has 5 aromatic rings. The highest BCUT2D eigenvalue weighted by Crippen LogP contribution is 2.42. The van der Waals surface area contributed by atoms with E-state index in [1.165, 1.54) is 0 Å². The highest BCUT2D eigenvalue weighted by Gasteiger charge is 2.22. The number of methoxy groups -OCH3 is 1. The molecule has 0 bridgehead atoms. The van der Waals surface area contributed by atoms with Crippen LogP contribution in [0.4, 0.5) is 5.88 Å². The van der Waals surface area contributed by atoms with E-state index in [-0.39, 0.29) is 5.88 Å². The fourth-order valence-corrected chi connectivity index (χ4v) is 4.17. The van der Waals surface area contributed by atoms with Crippen LogP contribution in [0.3, 0.4) is 0 Å². The SMILES string of the molecule is COc1cc(C=Nc2oc(-c3ccccc3)c(-c3ccccc3)c2C#N)ccc1OCc1ccc(Cl)cc1. The Bertz CT molecular complexity index is 1600. The molecule has 6 heteroatoms. The number of ether oxygens (including phenoxy) is 2. The second kappa shape index (κ2) is 11.5. The Labute approximate surface area is 226 Å². The summed E-state index contributed by atoms with van der Waals surface area (Å²) in [4.78, 5) is 4.56. The van der Waals surface area contributed by atoms with Gasteiger partial charge in [-0.2, -0.15) is 5.26 Å². The molecule has 0 atom stereocenters. The molecular formula is C32H23ClN2O3. The summed E-state index contributed by atoms with van der Waals surface area (Å²) in [5.74, 6) is 2.02. The lowest BCUT2D eigenvalue weighted by atomic mass is 9.98. The Balaban J connectivity index is 1.45. The van der Waals surface area contributed by atoms with Gasteiger partial charge in [0.05, 0.1) is 7.11 Å². The predicted octanol–water partition coefficient (Wildman–Crippen LogP) is 8.48. The van der Waals surface area contributed by atoms with Gasteiger partial charge in [-0.15, -0.1) is 0 Å². The summed E-state index contributed by atoms with van der Waals surface area (Å²) in [6.07, 6.45) is 1.65. The summed E-state index contributed by atoms with van der Waals surface area (Å²) in [6.45, 7) is 0.378. The van der Waals surface area contributed by atoms with E-state index in [2.05, 4.69) is 11.1 Å². The highest BCUT2D eigenvalue weighted by molar-refractivity contribution is 6.30. The summed E-state index contributed by atoms with van der Waals surface area (Å²) in [6, 6.07) is 34.7. The van der Waals surface area contributed by atoms with Crippen molar-refractivity contribution >= 4 is 23.7 Å². The Morgan fingerprint density at radius 3 is 2.21 bits per heavy atom. The van der Waals surface area contributed by atoms with Crippen LogP contribution in [0.25, 0.3) is 22.5 Å². The van der Waals surface area contributed by atoms with E-state index in [1.54, 1.807) is 13.3 Å². The molecular weight excluding hydrogens is 496 g/mol. The van der Waals surface area contributed by atoms with Crippen LogP contribution in [-0.4, -0.2) is 13.3 Å². The van der Waals surface area contributed by atoms with Gasteiger partial charge in [0.1, 0.15) is 24.0 Å². The summed E-state index contributed by atoms with van der Waals surface area (Å²) < 4.78 is 17.7. The number of hydrogen-bond donors (Lipinski definition) is 0. The van der Waals surface area contributed by atoms with Crippen LogP contribution in [0.5, 0.6) is 11.5 Å². The molecule has 0 aliphatic carbocycles. The van der Waals surface area contributed by atoms with E-state index in [0.29, 0.717) is 34.5 Å². The minimum Gasteiger partial charge on any atom is -0.493 e. The Hall–Kier alpha value is -4.79. The van der Waals surface area contributed by atoms with Crippen LogP contribution < -0.4 is 9.47 Å². The van der Waals surface area contributed by atoms with Crippen LogP contribution in [0.2, 0.25) is 5.02 Å². The summed E-state index contributed by atoms with van der Waals surface area (Å²) >= 11 is 5.96. The third-order valence-corrected chi connectivity index (χ3v) is 6.18. The maximum Gasteiger partial charge on any atom is 0.238 e. The lowest BCUT2D eigenvalue weighted by Gasteiger charge is -2.11. The summed E-state index contributed by atoms with van der Waals surface area (Å²) in [7, 11) is 1.59. The molecule has 0 radical (unpaired) electrons. The van der Waals surface area contributed by atoms with Gasteiger partial charge in [0.15, 0.2) is 11.5 Å². The average Bonchev–Trinajstić information content (AvgIpc) is 3.35. The molecule has 0 saturated heterocycles. The maximum atomic E-state index is 10.1. The topological polar surface area (TPSA) is 67.8 Å². The van der Waals surface area contributed by atoms with Gasteiger partial charge in [-0.3, -0.25) is 0 Å². The first-order chi connectivity index (χ1) is 18.7. The quantitative estimate of drug-likeness (QED) is 0.193. The average molecular weight is 519 g/mol. The number of rotatable bonds is 8. The zero-order valence-corrected chi connectivity index (χ0v) is 21.4. The van der Waals surface area contributed by atoms with Gasteiger partial charge in [-0.25, -0.2) is 4.99 Å². The number of nitrogens with zero attached hydrogens (tertiary/aromatic N) is 2. The van der Waals surface area contributed by atoms with Crippen LogP contribution in [0, 0.1) is 11.3 Å². The molecule has 0 aliphatic rings. The van der Waals surface area contributed by atoms with Crippen LogP contribution in [-0.2, 0) is 6.61 Å². The third-order valence-electron chi connectivity index (χ3n) is 5.93. The van der Waals surface area contributed by atoms with Crippen molar-refractivity contribution in [1.29, 1.82) is 5.26 Å². The standard InChI is InChI=1S/C32H23ClN2O3/c1-36-29-18-23(14-17-28(29)37-21-22-12-15-26(33)16-13-22)20-35-32-27(19-34)30(24-8-4-2-5-9-24)31(38-32)25-10-6-3-7-11-25/h2-18,20H,21H2,1H3. The highest BCUT2D eigenvalue weighted by atomic mass is 35.5. The molecule has 0 spiro atoms. The third kappa shape index (κ3) is 5.46. The van der Waals surface area contributed by atoms with Crippen molar-refractivity contribution in [3.8, 4) is 40.0 Å². The van der Waals surface area contributed by atoms with Crippen molar-refractivity contribution < 1.29 is 13.9 Å². The van der Waals surface area contributed by atoms with E-state index in [0.717, 1.165) is 27.8 Å². The number of benzene rings is 4. The first-order valence-corrected chi connectivity index (χ1v) is 12.3. The summed E-state index contributed by atoms with van der Waals surface area (Å²) in [5.41, 5.74) is 4.61. The van der Waals surface area contributed by atoms with Crippen LogP contribution >= 0.6 is 11.6 Å². The molecule has 1 aromatic heterocycles. The molecule has 38 heavy (non-hydrogen) atoms. The van der Waals surface area contributed by atoms with E-state index in [1.807, 2.05) is 103 Å². The molecule has 1 heterocycles. The van der Waals surface area contributed by atoms with Gasteiger partial charge in [0, 0.05) is 22.4 Å². The smallest absolute Gasteiger partial charge is 0.238 e. The maximum absolute atomic E-state index is 10.1. The zero-order valence-electron chi connectivity index (χ0n) is 20.6. The van der Waals surface area contributed by atoms with Gasteiger partial charge in [0.2, 0.25) is 5.88 Å². The molecule has 0 aliphatic heterocycles. The monoisotopic (exact) mass is 518 g/mol. The minimum atomic E-state index is 0.243. The second-order valence-corrected chi connectivity index (χ2v) is 8.85. The molecule has 0 fully saturated rings. The first-order valence-electron chi connectivity index (χ1n) is 11.9. The lowest BCUT2D eigenvalue weighted by molar-refractivity contribution is 0.284. The molecule has 0 amide bonds. The number of hydrogen-bond acceptors (Lipinski definition) is 5. The lowest BCUT2D eigenvalue weighted by Crippen LogP contribution is -1.98. The van der Waals surface area contributed by atoms with Crippen molar-refractivity contribution in [2.45, 2.75) is 6.61 Å². The number of aliphatic imine (C=N–C) groups is 1. The zero-order chi connectivity index (χ0) is 26.3. The van der Waals surface area contributed by atoms with Gasteiger partial charge in [-0.1, -0.05) is 84.4 Å². The number of halogens is 1. The largest absolute Gasteiger partial charge is 0.493 e. The predicted molar refractivity (Wildman–Crippen MR) is 150 cm³/mol. The van der Waals surface area contributed by atoms with E-state index < -0.39 is 0 Å². The van der Waals surface area contributed by atoms with Gasteiger partial charge in [-0.05, 0) is 47.0 Å². The van der Waals surface area contributed by atoms with Crippen molar-refractivity contribution in [3.63, 3.8) is 0 Å². The number of nitriles is 1. The van der Waals surface area contributed by atoms with Crippen molar-refractivity contribution in [1.82, 2.24) is 0 Å². The molecule has 4 aromatic carbocycles. The normalized spacial score (nSPS) is 10.9. The fraction of sp³-hybridized carbons (Fsp3) is 0.0625. The Morgan fingerprint density at radius 1 is 0.868 bits per heavy atom. The van der Waals surface area contributed by atoms with Crippen molar-refractivity contribution in [3.05, 3.63) is 125 Å². The van der Waals surface area contributed by atoms with Gasteiger partial charge in [0.25, 0.3) is 0 Å². The van der Waals surface area contributed by atoms with E-state index in [4.69, 9.17) is 25.5 Å². The molecule has 5 nitrogen and oxygen atoms in total. The van der Waals surface area contributed by atoms with Crippen LogP contribution in [0.15, 0.2) is 113 Å². The summed E-state index contributed by atoms with van der Waals surface area (Å²) in [5, 5.41) is 10.8. The molecule has 0 unspecified atom stereocenters. The molecule has 0 N–H and O–H groups in total. The van der Waals surface area contributed by atoms with E-state index in [9.17, 15) is 5.26 Å². The van der Waals surface area contributed by atoms with Gasteiger partial charge >= 0.3 is 0 Å². The molecule has 0 saturated carbocycles. The van der Waals surface area contributed by atoms with Gasteiger partial charge < -0.3 is 13.9 Å². The first kappa shape index (κ1) is 24.9. The fourth-order valence-electron chi connectivity index (χ4n) is 4.05. The Morgan fingerprint density at radius 2 is 1.55 bits per heavy atom. The van der Waals surface area contributed by atoms with Crippen molar-refractivity contribution in [2.24, 2.45) is 4.99 Å². The second-order valence-electron chi connectivity index (χ2n) is 8.41. The van der Waals surface area contributed by atoms with Crippen molar-refractivity contribution in [2.75, 3.05) is 7.11 Å². The molecule has 5 rings (SSSR count). The molecule has 186 valence electrons. The van der Waals surface area contributed by atoms with Crippen LogP contribution in [0.1, 0.15) is 16.7 Å². The van der Waals surface area contributed by atoms with E-state index >= 15 is 0 Å². The minimum absolute atomic E-state index is 0.243.